The van der Waals surface area contributed by atoms with Crippen LogP contribution in [0.5, 0.6) is 0 Å². The molecular formula is C16H20O6. The van der Waals surface area contributed by atoms with Gasteiger partial charge in [0.15, 0.2) is 18.0 Å². The van der Waals surface area contributed by atoms with Gasteiger partial charge in [0.2, 0.25) is 0 Å². The van der Waals surface area contributed by atoms with Crippen molar-refractivity contribution in [2.45, 2.75) is 39.6 Å². The summed E-state index contributed by atoms with van der Waals surface area (Å²) < 4.78 is 14.9. The van der Waals surface area contributed by atoms with Crippen molar-refractivity contribution in [3.63, 3.8) is 0 Å². The molecule has 0 aliphatic heterocycles. The summed E-state index contributed by atoms with van der Waals surface area (Å²) in [4.78, 5) is 34.1. The first-order chi connectivity index (χ1) is 10.4. The van der Waals surface area contributed by atoms with Crippen LogP contribution in [0.2, 0.25) is 0 Å². The fourth-order valence-corrected chi connectivity index (χ4v) is 1.59. The molecule has 0 fully saturated rings. The Morgan fingerprint density at radius 3 is 2.23 bits per heavy atom. The molecule has 6 nitrogen and oxygen atoms in total. The third kappa shape index (κ3) is 6.49. The van der Waals surface area contributed by atoms with Crippen LogP contribution in [0.25, 0.3) is 0 Å². The summed E-state index contributed by atoms with van der Waals surface area (Å²) >= 11 is 0. The van der Waals surface area contributed by atoms with E-state index in [1.807, 2.05) is 30.3 Å². The van der Waals surface area contributed by atoms with Gasteiger partial charge in [0.1, 0.15) is 6.61 Å². The van der Waals surface area contributed by atoms with Crippen molar-refractivity contribution in [3.8, 4) is 0 Å². The van der Waals surface area contributed by atoms with Crippen molar-refractivity contribution in [2.24, 2.45) is 0 Å². The summed E-state index contributed by atoms with van der Waals surface area (Å²) in [6.07, 6.45) is -2.00. The molecule has 2 unspecified atom stereocenters. The van der Waals surface area contributed by atoms with E-state index in [1.54, 1.807) is 0 Å². The SMILES string of the molecule is CC(=O)OC(C)C(=O)OC(C)C(=O)COCc1ccccc1. The molecule has 0 saturated carbocycles. The van der Waals surface area contributed by atoms with Gasteiger partial charge in [-0.2, -0.15) is 0 Å². The van der Waals surface area contributed by atoms with E-state index in [-0.39, 0.29) is 12.4 Å². The Kier molecular flexibility index (Phi) is 7.25. The first-order valence-electron chi connectivity index (χ1n) is 6.92. The maximum atomic E-state index is 11.8. The van der Waals surface area contributed by atoms with Crippen LogP contribution in [-0.2, 0) is 35.2 Å². The Bertz CT molecular complexity index is 511. The molecule has 0 aliphatic rings. The van der Waals surface area contributed by atoms with Gasteiger partial charge in [-0.05, 0) is 19.4 Å². The van der Waals surface area contributed by atoms with E-state index in [0.29, 0.717) is 6.61 Å². The maximum Gasteiger partial charge on any atom is 0.347 e. The normalized spacial score (nSPS) is 13.0. The molecular weight excluding hydrogens is 288 g/mol. The highest BCUT2D eigenvalue weighted by Gasteiger charge is 2.23. The second-order valence-corrected chi connectivity index (χ2v) is 4.78. The van der Waals surface area contributed by atoms with Crippen molar-refractivity contribution in [1.29, 1.82) is 0 Å². The Balaban J connectivity index is 2.32. The average molecular weight is 308 g/mol. The van der Waals surface area contributed by atoms with Gasteiger partial charge in [-0.1, -0.05) is 30.3 Å². The Morgan fingerprint density at radius 2 is 1.64 bits per heavy atom. The summed E-state index contributed by atoms with van der Waals surface area (Å²) in [6, 6.07) is 9.41. The standard InChI is InChI=1S/C16H20O6/c1-11(22-16(19)12(2)21-13(3)17)15(18)10-20-9-14-7-5-4-6-8-14/h4-8,11-12H,9-10H2,1-3H3. The van der Waals surface area contributed by atoms with Gasteiger partial charge < -0.3 is 14.2 Å². The summed E-state index contributed by atoms with van der Waals surface area (Å²) in [5.41, 5.74) is 0.948. The molecule has 0 amide bonds. The molecule has 0 aromatic heterocycles. The van der Waals surface area contributed by atoms with Crippen LogP contribution in [0.4, 0.5) is 0 Å². The second kappa shape index (κ2) is 8.94. The lowest BCUT2D eigenvalue weighted by Gasteiger charge is -2.16. The fourth-order valence-electron chi connectivity index (χ4n) is 1.59. The number of benzene rings is 1. The molecule has 0 radical (unpaired) electrons. The first kappa shape index (κ1) is 17.8. The van der Waals surface area contributed by atoms with E-state index in [4.69, 9.17) is 9.47 Å². The molecule has 1 aromatic rings. The molecule has 2 atom stereocenters. The zero-order chi connectivity index (χ0) is 16.5. The van der Waals surface area contributed by atoms with Gasteiger partial charge >= 0.3 is 11.9 Å². The van der Waals surface area contributed by atoms with E-state index >= 15 is 0 Å². The van der Waals surface area contributed by atoms with E-state index in [0.717, 1.165) is 5.56 Å². The van der Waals surface area contributed by atoms with Crippen LogP contribution in [0.3, 0.4) is 0 Å². The van der Waals surface area contributed by atoms with Crippen LogP contribution in [0, 0.1) is 0 Å². The van der Waals surface area contributed by atoms with Crippen LogP contribution < -0.4 is 0 Å². The van der Waals surface area contributed by atoms with Crippen molar-refractivity contribution >= 4 is 17.7 Å². The molecule has 0 spiro atoms. The number of carbonyl (C=O) groups is 3. The predicted molar refractivity (Wildman–Crippen MR) is 77.9 cm³/mol. The number of esters is 2. The Hall–Kier alpha value is -2.21. The number of hydrogen-bond donors (Lipinski definition) is 0. The minimum absolute atomic E-state index is 0.161. The van der Waals surface area contributed by atoms with E-state index in [2.05, 4.69) is 4.74 Å². The zero-order valence-electron chi connectivity index (χ0n) is 12.9. The Morgan fingerprint density at radius 1 is 1.00 bits per heavy atom. The number of hydrogen-bond acceptors (Lipinski definition) is 6. The van der Waals surface area contributed by atoms with Crippen LogP contribution >= 0.6 is 0 Å². The second-order valence-electron chi connectivity index (χ2n) is 4.78. The van der Waals surface area contributed by atoms with Gasteiger partial charge in [0.05, 0.1) is 6.61 Å². The zero-order valence-corrected chi connectivity index (χ0v) is 12.9. The molecule has 0 bridgehead atoms. The number of ketones is 1. The largest absolute Gasteiger partial charge is 0.452 e. The first-order valence-corrected chi connectivity index (χ1v) is 6.92. The van der Waals surface area contributed by atoms with Crippen molar-refractivity contribution in [3.05, 3.63) is 35.9 Å². The fraction of sp³-hybridized carbons (Fsp3) is 0.438. The number of carbonyl (C=O) groups excluding carboxylic acids is 3. The predicted octanol–water partition coefficient (Wildman–Crippen LogP) is 1.66. The highest BCUT2D eigenvalue weighted by atomic mass is 16.6. The van der Waals surface area contributed by atoms with Gasteiger partial charge in [0.25, 0.3) is 0 Å². The lowest BCUT2D eigenvalue weighted by molar-refractivity contribution is -0.170. The lowest BCUT2D eigenvalue weighted by Crippen LogP contribution is -2.33. The van der Waals surface area contributed by atoms with Gasteiger partial charge in [-0.25, -0.2) is 4.79 Å². The van der Waals surface area contributed by atoms with Crippen LogP contribution in [0.15, 0.2) is 30.3 Å². The van der Waals surface area contributed by atoms with Crippen molar-refractivity contribution in [1.82, 2.24) is 0 Å². The monoisotopic (exact) mass is 308 g/mol. The molecule has 0 heterocycles. The third-order valence-corrected chi connectivity index (χ3v) is 2.78. The number of rotatable bonds is 8. The molecule has 22 heavy (non-hydrogen) atoms. The minimum atomic E-state index is -1.04. The average Bonchev–Trinajstić information content (AvgIpc) is 2.47. The molecule has 1 rings (SSSR count). The van der Waals surface area contributed by atoms with Gasteiger partial charge in [-0.3, -0.25) is 9.59 Å². The lowest BCUT2D eigenvalue weighted by atomic mass is 10.2. The molecule has 1 aromatic carbocycles. The molecule has 0 aliphatic carbocycles. The molecule has 0 saturated heterocycles. The summed E-state index contributed by atoms with van der Waals surface area (Å²) in [5, 5.41) is 0. The quantitative estimate of drug-likeness (QED) is 0.680. The number of ether oxygens (including phenoxy) is 3. The van der Waals surface area contributed by atoms with E-state index in [9.17, 15) is 14.4 Å². The van der Waals surface area contributed by atoms with Crippen molar-refractivity contribution in [2.75, 3.05) is 6.61 Å². The molecule has 6 heteroatoms. The van der Waals surface area contributed by atoms with E-state index in [1.165, 1.54) is 20.8 Å². The summed E-state index contributed by atoms with van der Waals surface area (Å²) in [5.74, 6) is -1.71. The number of Topliss-reactive ketones (excluding diaryl/α,β-unsaturated/α-hetero) is 1. The maximum absolute atomic E-state index is 11.8. The summed E-state index contributed by atoms with van der Waals surface area (Å²) in [6.45, 7) is 4.16. The smallest absolute Gasteiger partial charge is 0.347 e. The Labute approximate surface area is 129 Å². The summed E-state index contributed by atoms with van der Waals surface area (Å²) in [7, 11) is 0. The van der Waals surface area contributed by atoms with E-state index < -0.39 is 24.1 Å². The van der Waals surface area contributed by atoms with Crippen LogP contribution in [-0.4, -0.2) is 36.5 Å². The highest BCUT2D eigenvalue weighted by molar-refractivity contribution is 5.87. The molecule has 120 valence electrons. The topological polar surface area (TPSA) is 78.9 Å². The van der Waals surface area contributed by atoms with Gasteiger partial charge in [-0.15, -0.1) is 0 Å². The highest BCUT2D eigenvalue weighted by Crippen LogP contribution is 2.04. The minimum Gasteiger partial charge on any atom is -0.452 e. The van der Waals surface area contributed by atoms with Crippen molar-refractivity contribution < 1.29 is 28.6 Å². The van der Waals surface area contributed by atoms with Crippen LogP contribution in [0.1, 0.15) is 26.3 Å². The third-order valence-electron chi connectivity index (χ3n) is 2.78. The van der Waals surface area contributed by atoms with Gasteiger partial charge in [0, 0.05) is 6.92 Å². The molecule has 0 N–H and O–H groups in total.